The fourth-order valence-corrected chi connectivity index (χ4v) is 2.69. The van der Waals surface area contributed by atoms with Crippen LogP contribution in [-0.4, -0.2) is 29.7 Å². The molecule has 0 saturated heterocycles. The Bertz CT molecular complexity index is 51.3. The Labute approximate surface area is 55.0 Å². The van der Waals surface area contributed by atoms with Gasteiger partial charge in [-0.2, -0.15) is 0 Å². The zero-order valence-electron chi connectivity index (χ0n) is 5.43. The van der Waals surface area contributed by atoms with E-state index in [1.807, 2.05) is 0 Å². The molecular weight excluding hydrogens is 134 g/mol. The first-order valence-corrected chi connectivity index (χ1v) is 9.10. The molecule has 8 heavy (non-hydrogen) atoms. The molecule has 0 aromatic heterocycles. The Balaban J connectivity index is 2.72. The summed E-state index contributed by atoms with van der Waals surface area (Å²) in [6, 6.07) is 1.09. The molecule has 0 heterocycles. The van der Waals surface area contributed by atoms with Gasteiger partial charge < -0.3 is 10.5 Å². The minimum absolute atomic E-state index is 0.780. The highest BCUT2D eigenvalue weighted by atomic mass is 29.2. The van der Waals surface area contributed by atoms with E-state index in [0.717, 1.165) is 35.2 Å². The van der Waals surface area contributed by atoms with Crippen molar-refractivity contribution in [3.8, 4) is 0 Å². The van der Waals surface area contributed by atoms with Crippen molar-refractivity contribution in [1.82, 2.24) is 0 Å². The Morgan fingerprint density at radius 2 is 2.12 bits per heavy atom. The van der Waals surface area contributed by atoms with Crippen molar-refractivity contribution >= 4 is 18.3 Å². The van der Waals surface area contributed by atoms with E-state index >= 15 is 0 Å². The van der Waals surface area contributed by atoms with Gasteiger partial charge in [0.25, 0.3) is 0 Å². The van der Waals surface area contributed by atoms with Crippen molar-refractivity contribution in [3.63, 3.8) is 0 Å². The molecule has 2 nitrogen and oxygen atoms in total. The van der Waals surface area contributed by atoms with Crippen molar-refractivity contribution in [1.29, 1.82) is 0 Å². The van der Waals surface area contributed by atoms with Gasteiger partial charge in [-0.05, 0) is 19.0 Å². The van der Waals surface area contributed by atoms with E-state index in [0.29, 0.717) is 0 Å². The van der Waals surface area contributed by atoms with Crippen LogP contribution in [0.2, 0.25) is 6.04 Å². The molecule has 0 saturated carbocycles. The Morgan fingerprint density at radius 1 is 1.50 bits per heavy atom. The predicted molar refractivity (Wildman–Crippen MR) is 42.4 cm³/mol. The molecule has 0 radical (unpaired) electrons. The first-order chi connectivity index (χ1) is 3.77. The van der Waals surface area contributed by atoms with Crippen molar-refractivity contribution in [2.75, 3.05) is 6.54 Å². The monoisotopic (exact) mass is 149 g/mol. The molecule has 0 aromatic rings. The molecule has 0 bridgehead atoms. The minimum atomic E-state index is -1.12. The summed E-state index contributed by atoms with van der Waals surface area (Å²) in [5.41, 5.74) is 5.26. The number of hydrogen-bond donors (Lipinski definition) is 2. The van der Waals surface area contributed by atoms with Crippen molar-refractivity contribution in [2.45, 2.75) is 18.9 Å². The molecule has 0 rings (SSSR count). The molecule has 0 aliphatic carbocycles. The van der Waals surface area contributed by atoms with Gasteiger partial charge in [-0.1, -0.05) is 6.42 Å². The molecule has 0 aliphatic rings. The second-order valence-corrected chi connectivity index (χ2v) is 8.41. The summed E-state index contributed by atoms with van der Waals surface area (Å²) in [6.07, 6.45) is 2.24. The fraction of sp³-hybridized carbons (Fsp3) is 1.00. The van der Waals surface area contributed by atoms with Gasteiger partial charge in [0.1, 0.15) is 8.56 Å². The van der Waals surface area contributed by atoms with Crippen LogP contribution in [0, 0.1) is 0 Å². The van der Waals surface area contributed by atoms with Crippen LogP contribution in [0.5, 0.6) is 0 Å². The molecule has 1 unspecified atom stereocenters. The van der Waals surface area contributed by atoms with Gasteiger partial charge in [0.05, 0.1) is 0 Å². The largest absolute Gasteiger partial charge is 0.439 e. The van der Waals surface area contributed by atoms with E-state index in [4.69, 9.17) is 10.5 Å². The van der Waals surface area contributed by atoms with Gasteiger partial charge in [0.15, 0.2) is 0 Å². The molecule has 0 fully saturated rings. The lowest BCUT2D eigenvalue weighted by atomic mass is 10.3. The molecule has 1 atom stereocenters. The molecule has 4 heteroatoms. The molecule has 0 aromatic carbocycles. The second-order valence-electron chi connectivity index (χ2n) is 2.13. The topological polar surface area (TPSA) is 46.2 Å². The van der Waals surface area contributed by atoms with Crippen LogP contribution in [0.1, 0.15) is 12.8 Å². The smallest absolute Gasteiger partial charge is 0.149 e. The normalized spacial score (nSPS) is 14.2. The van der Waals surface area contributed by atoms with E-state index in [2.05, 4.69) is 0 Å². The summed E-state index contributed by atoms with van der Waals surface area (Å²) in [5.74, 6) is 0. The average Bonchev–Trinajstić information content (AvgIpc) is 1.66. The maximum Gasteiger partial charge on any atom is 0.149 e. The van der Waals surface area contributed by atoms with Crippen molar-refractivity contribution < 1.29 is 4.80 Å². The van der Waals surface area contributed by atoms with Crippen LogP contribution in [0.15, 0.2) is 0 Å². The first kappa shape index (κ1) is 8.35. The van der Waals surface area contributed by atoms with Gasteiger partial charge in [0, 0.05) is 9.76 Å². The Hall–Kier alpha value is 0.354. The summed E-state index contributed by atoms with van der Waals surface area (Å²) >= 11 is 0. The molecule has 0 spiro atoms. The quantitative estimate of drug-likeness (QED) is 0.370. The summed E-state index contributed by atoms with van der Waals surface area (Å²) in [7, 11) is -0.0794. The van der Waals surface area contributed by atoms with E-state index in [1.54, 1.807) is 0 Å². The number of nitrogens with two attached hydrogens (primary N) is 1. The summed E-state index contributed by atoms with van der Waals surface area (Å²) in [4.78, 5) is 8.94. The van der Waals surface area contributed by atoms with E-state index in [1.165, 1.54) is 0 Å². The highest BCUT2D eigenvalue weighted by molar-refractivity contribution is 6.98. The number of unbranched alkanes of at least 4 members (excludes halogenated alkanes) is 1. The molecular formula is C4H15NOSi2. The molecule has 0 aliphatic heterocycles. The lowest BCUT2D eigenvalue weighted by Gasteiger charge is -1.98. The third-order valence-electron chi connectivity index (χ3n) is 1.08. The summed E-state index contributed by atoms with van der Waals surface area (Å²) in [6.45, 7) is 0.780. The van der Waals surface area contributed by atoms with Gasteiger partial charge in [-0.3, -0.25) is 0 Å². The number of rotatable bonds is 4. The summed E-state index contributed by atoms with van der Waals surface area (Å²) < 4.78 is 0. The Kier molecular flexibility index (Phi) is 5.73. The third-order valence-corrected chi connectivity index (χ3v) is 4.05. The van der Waals surface area contributed by atoms with E-state index in [9.17, 15) is 0 Å². The lowest BCUT2D eigenvalue weighted by Crippen LogP contribution is -2.11. The molecule has 0 amide bonds. The fourth-order valence-electron chi connectivity index (χ4n) is 0.584. The van der Waals surface area contributed by atoms with Gasteiger partial charge in [-0.15, -0.1) is 0 Å². The zero-order valence-corrected chi connectivity index (χ0v) is 8.59. The maximum absolute atomic E-state index is 8.94. The molecule has 50 valence electrons. The summed E-state index contributed by atoms with van der Waals surface area (Å²) in [5, 5.41) is 0. The Morgan fingerprint density at radius 3 is 2.50 bits per heavy atom. The minimum Gasteiger partial charge on any atom is -0.439 e. The van der Waals surface area contributed by atoms with Gasteiger partial charge >= 0.3 is 0 Å². The van der Waals surface area contributed by atoms with Crippen molar-refractivity contribution in [3.05, 3.63) is 0 Å². The van der Waals surface area contributed by atoms with Crippen LogP contribution in [0.3, 0.4) is 0 Å². The maximum atomic E-state index is 8.94. The van der Waals surface area contributed by atoms with Gasteiger partial charge in [-0.25, -0.2) is 0 Å². The van der Waals surface area contributed by atoms with E-state index in [-0.39, 0.29) is 0 Å². The zero-order chi connectivity index (χ0) is 6.41. The van der Waals surface area contributed by atoms with Crippen LogP contribution < -0.4 is 5.73 Å². The average molecular weight is 149 g/mol. The van der Waals surface area contributed by atoms with Crippen LogP contribution in [0.4, 0.5) is 0 Å². The first-order valence-electron chi connectivity index (χ1n) is 3.15. The van der Waals surface area contributed by atoms with E-state index < -0.39 is 8.56 Å². The highest BCUT2D eigenvalue weighted by Gasteiger charge is 1.95. The van der Waals surface area contributed by atoms with Gasteiger partial charge in [0.2, 0.25) is 0 Å². The van der Waals surface area contributed by atoms with Crippen LogP contribution >= 0.6 is 0 Å². The highest BCUT2D eigenvalue weighted by Crippen LogP contribution is 1.94. The molecule has 3 N–H and O–H groups in total. The standard InChI is InChI=1S/C4H15NOSi2/c5-3-1-2-4-8(6)7/h6,8H,1-5H2,7H3. The lowest BCUT2D eigenvalue weighted by molar-refractivity contribution is 0.584. The van der Waals surface area contributed by atoms with Crippen molar-refractivity contribution in [2.24, 2.45) is 5.73 Å². The second kappa shape index (κ2) is 5.49. The number of hydrogen-bond acceptors (Lipinski definition) is 2. The van der Waals surface area contributed by atoms with Crippen LogP contribution in [-0.2, 0) is 0 Å². The third kappa shape index (κ3) is 6.35. The predicted octanol–water partition coefficient (Wildman–Crippen LogP) is -1.70. The SMILES string of the molecule is NCCCC[SiH](O)[SiH3]. The van der Waals surface area contributed by atoms with Crippen LogP contribution in [0.25, 0.3) is 0 Å².